The minimum atomic E-state index is 0.547. The summed E-state index contributed by atoms with van der Waals surface area (Å²) < 4.78 is 5.06. The SMILES string of the molecule is Cc1noc(C2CC(C)C2)n1. The summed E-state index contributed by atoms with van der Waals surface area (Å²) in [5.74, 6) is 2.97. The van der Waals surface area contributed by atoms with Gasteiger partial charge in [-0.2, -0.15) is 4.98 Å². The quantitative estimate of drug-likeness (QED) is 0.616. The third-order valence-corrected chi connectivity index (χ3v) is 2.27. The van der Waals surface area contributed by atoms with E-state index in [-0.39, 0.29) is 0 Å². The smallest absolute Gasteiger partial charge is 0.229 e. The molecule has 0 aromatic carbocycles. The van der Waals surface area contributed by atoms with Crippen LogP contribution < -0.4 is 0 Å². The van der Waals surface area contributed by atoms with E-state index in [2.05, 4.69) is 17.1 Å². The maximum Gasteiger partial charge on any atom is 0.229 e. The lowest BCUT2D eigenvalue weighted by Crippen LogP contribution is -2.19. The number of nitrogens with zero attached hydrogens (tertiary/aromatic N) is 2. The summed E-state index contributed by atoms with van der Waals surface area (Å²) in [6.07, 6.45) is 2.42. The topological polar surface area (TPSA) is 38.9 Å². The van der Waals surface area contributed by atoms with E-state index in [9.17, 15) is 0 Å². The molecular weight excluding hydrogens is 140 g/mol. The van der Waals surface area contributed by atoms with Crippen LogP contribution in [0.2, 0.25) is 0 Å². The van der Waals surface area contributed by atoms with Crippen LogP contribution in [0.4, 0.5) is 0 Å². The Morgan fingerprint density at radius 3 is 2.64 bits per heavy atom. The van der Waals surface area contributed by atoms with Gasteiger partial charge in [0.1, 0.15) is 0 Å². The number of hydrogen-bond acceptors (Lipinski definition) is 3. The van der Waals surface area contributed by atoms with E-state index in [1.165, 1.54) is 12.8 Å². The Hall–Kier alpha value is -0.860. The van der Waals surface area contributed by atoms with Gasteiger partial charge in [0.25, 0.3) is 0 Å². The fourth-order valence-electron chi connectivity index (χ4n) is 1.58. The maximum atomic E-state index is 5.06. The molecule has 0 aliphatic heterocycles. The first-order chi connectivity index (χ1) is 5.25. The highest BCUT2D eigenvalue weighted by molar-refractivity contribution is 4.99. The molecule has 1 aromatic rings. The van der Waals surface area contributed by atoms with Gasteiger partial charge in [0, 0.05) is 5.92 Å². The van der Waals surface area contributed by atoms with E-state index < -0.39 is 0 Å². The molecule has 1 aliphatic carbocycles. The first-order valence-corrected chi connectivity index (χ1v) is 4.06. The molecule has 1 aliphatic rings. The molecule has 0 radical (unpaired) electrons. The van der Waals surface area contributed by atoms with Gasteiger partial charge in [-0.15, -0.1) is 0 Å². The lowest BCUT2D eigenvalue weighted by atomic mass is 9.76. The first kappa shape index (κ1) is 6.83. The fraction of sp³-hybridized carbons (Fsp3) is 0.750. The number of aromatic nitrogens is 2. The van der Waals surface area contributed by atoms with E-state index >= 15 is 0 Å². The van der Waals surface area contributed by atoms with Crippen molar-refractivity contribution < 1.29 is 4.52 Å². The summed E-state index contributed by atoms with van der Waals surface area (Å²) in [5.41, 5.74) is 0. The summed E-state index contributed by atoms with van der Waals surface area (Å²) in [7, 11) is 0. The van der Waals surface area contributed by atoms with Gasteiger partial charge in [-0.25, -0.2) is 0 Å². The molecule has 1 aromatic heterocycles. The number of hydrogen-bond donors (Lipinski definition) is 0. The fourth-order valence-corrected chi connectivity index (χ4v) is 1.58. The average molecular weight is 152 g/mol. The van der Waals surface area contributed by atoms with Gasteiger partial charge in [-0.1, -0.05) is 12.1 Å². The molecule has 3 nitrogen and oxygen atoms in total. The summed E-state index contributed by atoms with van der Waals surface area (Å²) >= 11 is 0. The molecule has 2 rings (SSSR count). The normalized spacial score (nSPS) is 30.0. The van der Waals surface area contributed by atoms with Crippen LogP contribution >= 0.6 is 0 Å². The molecule has 0 unspecified atom stereocenters. The predicted molar refractivity (Wildman–Crippen MR) is 40.2 cm³/mol. The van der Waals surface area contributed by atoms with Crippen LogP contribution in [0.1, 0.15) is 37.4 Å². The van der Waals surface area contributed by atoms with Gasteiger partial charge in [0.2, 0.25) is 5.89 Å². The molecule has 0 saturated heterocycles. The largest absolute Gasteiger partial charge is 0.339 e. The highest BCUT2D eigenvalue weighted by Gasteiger charge is 2.30. The summed E-state index contributed by atoms with van der Waals surface area (Å²) in [5, 5.41) is 3.76. The van der Waals surface area contributed by atoms with Crippen molar-refractivity contribution in [2.75, 3.05) is 0 Å². The standard InChI is InChI=1S/C8H12N2O/c1-5-3-7(4-5)8-9-6(2)10-11-8/h5,7H,3-4H2,1-2H3. The van der Waals surface area contributed by atoms with Crippen LogP contribution in [-0.4, -0.2) is 10.1 Å². The van der Waals surface area contributed by atoms with Crippen LogP contribution in [0.5, 0.6) is 0 Å². The molecule has 60 valence electrons. The lowest BCUT2D eigenvalue weighted by Gasteiger charge is -2.29. The Kier molecular flexibility index (Phi) is 1.44. The van der Waals surface area contributed by atoms with Crippen molar-refractivity contribution in [3.63, 3.8) is 0 Å². The van der Waals surface area contributed by atoms with E-state index in [0.29, 0.717) is 5.92 Å². The highest BCUT2D eigenvalue weighted by Crippen LogP contribution is 2.40. The number of aryl methyl sites for hydroxylation is 1. The van der Waals surface area contributed by atoms with Crippen molar-refractivity contribution in [1.82, 2.24) is 10.1 Å². The monoisotopic (exact) mass is 152 g/mol. The lowest BCUT2D eigenvalue weighted by molar-refractivity contribution is 0.227. The van der Waals surface area contributed by atoms with Crippen molar-refractivity contribution in [1.29, 1.82) is 0 Å². The summed E-state index contributed by atoms with van der Waals surface area (Å²) in [6, 6.07) is 0. The molecule has 1 saturated carbocycles. The van der Waals surface area contributed by atoms with Crippen molar-refractivity contribution in [2.45, 2.75) is 32.6 Å². The first-order valence-electron chi connectivity index (χ1n) is 4.06. The van der Waals surface area contributed by atoms with Gasteiger partial charge in [0.15, 0.2) is 5.82 Å². The highest BCUT2D eigenvalue weighted by atomic mass is 16.5. The molecule has 3 heteroatoms. The Morgan fingerprint density at radius 2 is 2.18 bits per heavy atom. The molecule has 0 spiro atoms. The predicted octanol–water partition coefficient (Wildman–Crippen LogP) is 1.89. The van der Waals surface area contributed by atoms with E-state index in [0.717, 1.165) is 17.6 Å². The zero-order valence-corrected chi connectivity index (χ0v) is 6.87. The van der Waals surface area contributed by atoms with Crippen LogP contribution in [0.3, 0.4) is 0 Å². The third kappa shape index (κ3) is 1.15. The zero-order valence-electron chi connectivity index (χ0n) is 6.87. The minimum absolute atomic E-state index is 0.547. The van der Waals surface area contributed by atoms with Gasteiger partial charge in [0.05, 0.1) is 0 Å². The molecule has 11 heavy (non-hydrogen) atoms. The average Bonchev–Trinajstić information content (AvgIpc) is 2.29. The van der Waals surface area contributed by atoms with Gasteiger partial charge < -0.3 is 4.52 Å². The molecule has 0 amide bonds. The van der Waals surface area contributed by atoms with Gasteiger partial charge in [-0.05, 0) is 25.7 Å². The van der Waals surface area contributed by atoms with Crippen LogP contribution in [0.25, 0.3) is 0 Å². The molecule has 1 fully saturated rings. The second-order valence-corrected chi connectivity index (χ2v) is 3.45. The Morgan fingerprint density at radius 1 is 1.45 bits per heavy atom. The van der Waals surface area contributed by atoms with Crippen molar-refractivity contribution >= 4 is 0 Å². The molecule has 0 atom stereocenters. The summed E-state index contributed by atoms with van der Waals surface area (Å²) in [6.45, 7) is 4.11. The Labute approximate surface area is 65.8 Å². The number of rotatable bonds is 1. The second kappa shape index (κ2) is 2.32. The van der Waals surface area contributed by atoms with Crippen LogP contribution in [0.15, 0.2) is 4.52 Å². The van der Waals surface area contributed by atoms with Crippen molar-refractivity contribution in [3.05, 3.63) is 11.7 Å². The minimum Gasteiger partial charge on any atom is -0.339 e. The zero-order chi connectivity index (χ0) is 7.84. The van der Waals surface area contributed by atoms with Crippen molar-refractivity contribution in [3.8, 4) is 0 Å². The molecule has 0 N–H and O–H groups in total. The second-order valence-electron chi connectivity index (χ2n) is 3.45. The Bertz CT molecular complexity index is 250. The van der Waals surface area contributed by atoms with E-state index in [1.54, 1.807) is 0 Å². The van der Waals surface area contributed by atoms with E-state index in [4.69, 9.17) is 4.52 Å². The summed E-state index contributed by atoms with van der Waals surface area (Å²) in [4.78, 5) is 4.19. The molecular formula is C8H12N2O. The third-order valence-electron chi connectivity index (χ3n) is 2.27. The molecule has 0 bridgehead atoms. The Balaban J connectivity index is 2.07. The van der Waals surface area contributed by atoms with Crippen molar-refractivity contribution in [2.24, 2.45) is 5.92 Å². The molecule has 1 heterocycles. The van der Waals surface area contributed by atoms with E-state index in [1.807, 2.05) is 6.92 Å². The van der Waals surface area contributed by atoms with Gasteiger partial charge >= 0.3 is 0 Å². The van der Waals surface area contributed by atoms with Crippen LogP contribution in [0, 0.1) is 12.8 Å². The van der Waals surface area contributed by atoms with Crippen LogP contribution in [-0.2, 0) is 0 Å². The van der Waals surface area contributed by atoms with Gasteiger partial charge in [-0.3, -0.25) is 0 Å². The maximum absolute atomic E-state index is 5.06.